The number of halogens is 1. The van der Waals surface area contributed by atoms with Crippen LogP contribution in [0.2, 0.25) is 5.02 Å². The third kappa shape index (κ3) is 4.11. The Kier molecular flexibility index (Phi) is 5.69. The summed E-state index contributed by atoms with van der Waals surface area (Å²) in [5, 5.41) is 3.66. The average Bonchev–Trinajstić information content (AvgIpc) is 2.62. The Hall–Kier alpha value is -2.24. The third-order valence-corrected chi connectivity index (χ3v) is 5.00. The fourth-order valence-corrected chi connectivity index (χ4v) is 3.60. The first-order valence-corrected chi connectivity index (χ1v) is 9.01. The number of methoxy groups -OCH3 is 2. The van der Waals surface area contributed by atoms with Crippen molar-refractivity contribution in [3.05, 3.63) is 52.0 Å². The topological polar surface area (TPSA) is 52.0 Å². The number of aryl methyl sites for hydroxylation is 1. The van der Waals surface area contributed by atoms with Crippen LogP contribution < -0.4 is 19.7 Å². The van der Waals surface area contributed by atoms with Crippen LogP contribution in [0.4, 0.5) is 5.69 Å². The van der Waals surface area contributed by atoms with Crippen molar-refractivity contribution >= 4 is 23.2 Å². The van der Waals surface area contributed by atoms with Crippen LogP contribution in [-0.2, 0) is 17.8 Å². The lowest BCUT2D eigenvalue weighted by Crippen LogP contribution is -3.12. The summed E-state index contributed by atoms with van der Waals surface area (Å²) in [5.41, 5.74) is 4.24. The molecule has 2 aromatic carbocycles. The van der Waals surface area contributed by atoms with Gasteiger partial charge in [-0.1, -0.05) is 11.6 Å². The SMILES string of the molecule is COc1cc2c(cc1OC)C[NH+](CC(=O)Nc1ccc(Cl)cc1C)CC2. The van der Waals surface area contributed by atoms with E-state index in [-0.39, 0.29) is 5.91 Å². The van der Waals surface area contributed by atoms with E-state index in [4.69, 9.17) is 21.1 Å². The number of quaternary nitrogens is 1. The summed E-state index contributed by atoms with van der Waals surface area (Å²) >= 11 is 5.97. The summed E-state index contributed by atoms with van der Waals surface area (Å²) in [4.78, 5) is 13.7. The van der Waals surface area contributed by atoms with E-state index in [0.717, 1.165) is 42.3 Å². The molecule has 2 aromatic rings. The van der Waals surface area contributed by atoms with E-state index in [2.05, 4.69) is 5.32 Å². The maximum atomic E-state index is 12.4. The predicted molar refractivity (Wildman–Crippen MR) is 102 cm³/mol. The van der Waals surface area contributed by atoms with E-state index in [1.54, 1.807) is 20.3 Å². The second-order valence-corrected chi connectivity index (χ2v) is 7.02. The van der Waals surface area contributed by atoms with Crippen molar-refractivity contribution in [1.29, 1.82) is 0 Å². The van der Waals surface area contributed by atoms with Crippen LogP contribution in [0.3, 0.4) is 0 Å². The van der Waals surface area contributed by atoms with Crippen molar-refractivity contribution in [2.45, 2.75) is 19.9 Å². The fraction of sp³-hybridized carbons (Fsp3) is 0.350. The van der Waals surface area contributed by atoms with Crippen LogP contribution in [0.1, 0.15) is 16.7 Å². The largest absolute Gasteiger partial charge is 0.493 e. The van der Waals surface area contributed by atoms with E-state index in [1.807, 2.05) is 31.2 Å². The lowest BCUT2D eigenvalue weighted by molar-refractivity contribution is -0.907. The Morgan fingerprint density at radius 1 is 1.15 bits per heavy atom. The zero-order chi connectivity index (χ0) is 18.7. The summed E-state index contributed by atoms with van der Waals surface area (Å²) in [7, 11) is 3.29. The van der Waals surface area contributed by atoms with E-state index in [0.29, 0.717) is 11.6 Å². The number of nitrogens with one attached hydrogen (secondary N) is 2. The third-order valence-electron chi connectivity index (χ3n) is 4.77. The van der Waals surface area contributed by atoms with Crippen molar-refractivity contribution in [3.8, 4) is 11.5 Å². The molecule has 138 valence electrons. The van der Waals surface area contributed by atoms with Gasteiger partial charge in [-0.3, -0.25) is 4.79 Å². The Balaban J connectivity index is 1.66. The molecule has 6 heteroatoms. The Morgan fingerprint density at radius 3 is 2.50 bits per heavy atom. The smallest absolute Gasteiger partial charge is 0.279 e. The minimum atomic E-state index is 0.00866. The lowest BCUT2D eigenvalue weighted by atomic mass is 9.99. The molecule has 3 rings (SSSR count). The second-order valence-electron chi connectivity index (χ2n) is 6.59. The molecular weight excluding hydrogens is 352 g/mol. The van der Waals surface area contributed by atoms with E-state index in [9.17, 15) is 4.79 Å². The summed E-state index contributed by atoms with van der Waals surface area (Å²) in [6.45, 7) is 4.07. The molecule has 1 aliphatic heterocycles. The van der Waals surface area contributed by atoms with Crippen LogP contribution in [0.15, 0.2) is 30.3 Å². The van der Waals surface area contributed by atoms with Crippen molar-refractivity contribution in [3.63, 3.8) is 0 Å². The molecule has 0 bridgehead atoms. The number of carbonyl (C=O) groups is 1. The van der Waals surface area contributed by atoms with Gasteiger partial charge in [-0.15, -0.1) is 0 Å². The van der Waals surface area contributed by atoms with Gasteiger partial charge < -0.3 is 19.7 Å². The molecular formula is C20H24ClN2O3+. The van der Waals surface area contributed by atoms with Crippen molar-refractivity contribution < 1.29 is 19.2 Å². The lowest BCUT2D eigenvalue weighted by Gasteiger charge is -2.26. The van der Waals surface area contributed by atoms with Gasteiger partial charge in [0.25, 0.3) is 5.91 Å². The van der Waals surface area contributed by atoms with Crippen molar-refractivity contribution in [1.82, 2.24) is 0 Å². The second kappa shape index (κ2) is 7.98. The number of fused-ring (bicyclic) bond motifs is 1. The first-order valence-electron chi connectivity index (χ1n) is 8.63. The summed E-state index contributed by atoms with van der Waals surface area (Å²) < 4.78 is 10.8. The van der Waals surface area contributed by atoms with Gasteiger partial charge in [0.2, 0.25) is 0 Å². The highest BCUT2D eigenvalue weighted by molar-refractivity contribution is 6.30. The average molecular weight is 376 g/mol. The number of hydrogen-bond donors (Lipinski definition) is 2. The highest BCUT2D eigenvalue weighted by Gasteiger charge is 2.24. The number of carbonyl (C=O) groups excluding carboxylic acids is 1. The molecule has 1 heterocycles. The van der Waals surface area contributed by atoms with Gasteiger partial charge >= 0.3 is 0 Å². The molecule has 26 heavy (non-hydrogen) atoms. The van der Waals surface area contributed by atoms with Gasteiger partial charge in [0.15, 0.2) is 18.0 Å². The first-order chi connectivity index (χ1) is 12.5. The Bertz CT molecular complexity index is 823. The molecule has 1 atom stereocenters. The molecule has 5 nitrogen and oxygen atoms in total. The maximum absolute atomic E-state index is 12.4. The Labute approximate surface area is 158 Å². The Morgan fingerprint density at radius 2 is 1.85 bits per heavy atom. The van der Waals surface area contributed by atoms with Gasteiger partial charge in [0.05, 0.1) is 20.8 Å². The minimum absolute atomic E-state index is 0.00866. The molecule has 0 fully saturated rings. The number of ether oxygens (including phenoxy) is 2. The minimum Gasteiger partial charge on any atom is -0.493 e. The van der Waals surface area contributed by atoms with Crippen LogP contribution in [0, 0.1) is 6.92 Å². The van der Waals surface area contributed by atoms with Gasteiger partial charge in [-0.25, -0.2) is 0 Å². The van der Waals surface area contributed by atoms with Gasteiger partial charge in [0, 0.05) is 22.7 Å². The monoisotopic (exact) mass is 375 g/mol. The van der Waals surface area contributed by atoms with E-state index in [1.165, 1.54) is 16.0 Å². The van der Waals surface area contributed by atoms with Crippen LogP contribution in [0.5, 0.6) is 11.5 Å². The van der Waals surface area contributed by atoms with Crippen LogP contribution >= 0.6 is 11.6 Å². The summed E-state index contributed by atoms with van der Waals surface area (Å²) in [5.74, 6) is 1.49. The first kappa shape index (κ1) is 18.5. The van der Waals surface area contributed by atoms with E-state index >= 15 is 0 Å². The molecule has 0 spiro atoms. The molecule has 0 radical (unpaired) electrons. The number of hydrogen-bond acceptors (Lipinski definition) is 3. The molecule has 1 unspecified atom stereocenters. The highest BCUT2D eigenvalue weighted by atomic mass is 35.5. The number of anilines is 1. The number of rotatable bonds is 5. The normalized spacial score (nSPS) is 15.9. The van der Waals surface area contributed by atoms with Crippen LogP contribution in [0.25, 0.3) is 0 Å². The fourth-order valence-electron chi connectivity index (χ4n) is 3.37. The standard InChI is InChI=1S/C20H23ClN2O3/c1-13-8-16(21)4-5-17(13)22-20(24)12-23-7-6-14-9-18(25-2)19(26-3)10-15(14)11-23/h4-5,8-10H,6-7,11-12H2,1-3H3,(H,22,24)/p+1. The molecule has 0 aliphatic carbocycles. The van der Waals surface area contributed by atoms with Gasteiger partial charge in [-0.05, 0) is 48.4 Å². The molecule has 0 aromatic heterocycles. The van der Waals surface area contributed by atoms with Crippen molar-refractivity contribution in [2.75, 3.05) is 32.6 Å². The van der Waals surface area contributed by atoms with Crippen molar-refractivity contribution in [2.24, 2.45) is 0 Å². The number of benzene rings is 2. The summed E-state index contributed by atoms with van der Waals surface area (Å²) in [6, 6.07) is 9.54. The molecule has 2 N–H and O–H groups in total. The van der Waals surface area contributed by atoms with Gasteiger partial charge in [-0.2, -0.15) is 0 Å². The van der Waals surface area contributed by atoms with Gasteiger partial charge in [0.1, 0.15) is 6.54 Å². The molecule has 1 aliphatic rings. The molecule has 1 amide bonds. The zero-order valence-corrected chi connectivity index (χ0v) is 16.1. The maximum Gasteiger partial charge on any atom is 0.279 e. The molecule has 0 saturated heterocycles. The quantitative estimate of drug-likeness (QED) is 0.842. The number of amides is 1. The summed E-state index contributed by atoms with van der Waals surface area (Å²) in [6.07, 6.45) is 0.915. The molecule has 0 saturated carbocycles. The zero-order valence-electron chi connectivity index (χ0n) is 15.3. The van der Waals surface area contributed by atoms with Crippen LogP contribution in [-0.4, -0.2) is 33.2 Å². The predicted octanol–water partition coefficient (Wildman–Crippen LogP) is 2.25. The highest BCUT2D eigenvalue weighted by Crippen LogP contribution is 2.31. The van der Waals surface area contributed by atoms with E-state index < -0.39 is 0 Å².